The van der Waals surface area contributed by atoms with Gasteiger partial charge >= 0.3 is 0 Å². The average Bonchev–Trinajstić information content (AvgIpc) is 4.05. The van der Waals surface area contributed by atoms with E-state index in [-0.39, 0.29) is 0 Å². The molecule has 80 heavy (non-hydrogen) atoms. The molecular formula is C75H49N3SSi. The highest BCUT2D eigenvalue weighted by atomic mass is 32.1. The SMILES string of the molecule is c1ccc(-c2nc(-c3ccc(-c4ccc([Si](c5ccccc5)(c5ccccc5)c5ccccc5)cc4)cc3)nc(-c3ccc4c(c3)sc3ccc(-c5cccc(-c6ccc7c8ccccc8c8ccccc8c7c6)c5)cc34)n2)cc1. The first kappa shape index (κ1) is 47.3. The third-order valence-corrected chi connectivity index (χ3v) is 22.0. The number of nitrogens with zero attached hydrogens (tertiary/aromatic N) is 3. The zero-order valence-corrected chi connectivity index (χ0v) is 45.4. The number of fused-ring (bicyclic) bond motifs is 9. The molecule has 0 aliphatic rings. The maximum atomic E-state index is 5.21. The standard InChI is InChI=1S/C75H49N3SSi/c1-5-18-52(19-6-1)73-76-74(53-34-32-50(33-35-53)51-36-41-62(42-37-51)80(59-22-7-2-8-23-59,60-24-9-3-10-25-60)61-26-11-4-12-27-61)78-75(77-73)58-39-44-68-70-48-57(40-45-71(70)79-72(68)49-58)55-21-17-20-54(46-55)56-38-43-67-65-30-14-13-28-63(65)64-29-15-16-31-66(64)69(67)47-56/h1-49H. The van der Waals surface area contributed by atoms with E-state index in [1.165, 1.54) is 95.5 Å². The molecule has 2 aromatic heterocycles. The van der Waals surface area contributed by atoms with Gasteiger partial charge in [0.25, 0.3) is 0 Å². The molecule has 15 rings (SSSR count). The van der Waals surface area contributed by atoms with Crippen LogP contribution in [0.15, 0.2) is 297 Å². The lowest BCUT2D eigenvalue weighted by Gasteiger charge is -2.34. The largest absolute Gasteiger partial charge is 0.208 e. The molecule has 13 aromatic carbocycles. The molecular weight excluding hydrogens is 1000 g/mol. The van der Waals surface area contributed by atoms with Crippen LogP contribution in [0.5, 0.6) is 0 Å². The van der Waals surface area contributed by atoms with E-state index < -0.39 is 8.07 Å². The Morgan fingerprint density at radius 2 is 0.550 bits per heavy atom. The van der Waals surface area contributed by atoms with Crippen LogP contribution in [0.1, 0.15) is 0 Å². The van der Waals surface area contributed by atoms with Gasteiger partial charge in [0, 0.05) is 36.9 Å². The Morgan fingerprint density at radius 3 is 1.10 bits per heavy atom. The summed E-state index contributed by atoms with van der Waals surface area (Å²) < 4.78 is 2.43. The predicted octanol–water partition coefficient (Wildman–Crippen LogP) is 17.1. The van der Waals surface area contributed by atoms with Gasteiger partial charge in [-0.1, -0.05) is 267 Å². The van der Waals surface area contributed by atoms with Gasteiger partial charge in [-0.15, -0.1) is 11.3 Å². The molecule has 2 heterocycles. The summed E-state index contributed by atoms with van der Waals surface area (Å²) in [7, 11) is -2.63. The fraction of sp³-hybridized carbons (Fsp3) is 0. The molecule has 0 bridgehead atoms. The number of hydrogen-bond acceptors (Lipinski definition) is 4. The van der Waals surface area contributed by atoms with Crippen LogP contribution in [0.25, 0.3) is 120 Å². The summed E-state index contributed by atoms with van der Waals surface area (Å²) in [6, 6.07) is 108. The Labute approximate surface area is 469 Å². The summed E-state index contributed by atoms with van der Waals surface area (Å²) >= 11 is 1.81. The second kappa shape index (κ2) is 19.8. The molecule has 0 aliphatic carbocycles. The minimum atomic E-state index is -2.63. The van der Waals surface area contributed by atoms with Crippen molar-refractivity contribution in [1.82, 2.24) is 15.0 Å². The molecule has 0 saturated carbocycles. The Hall–Kier alpha value is -9.91. The summed E-state index contributed by atoms with van der Waals surface area (Å²) in [5, 5.41) is 15.6. The molecule has 0 fully saturated rings. The first-order valence-corrected chi connectivity index (χ1v) is 30.0. The third-order valence-electron chi connectivity index (χ3n) is 16.1. The number of benzene rings is 13. The first-order valence-electron chi connectivity index (χ1n) is 27.2. The maximum Gasteiger partial charge on any atom is 0.179 e. The number of aromatic nitrogens is 3. The Bertz CT molecular complexity index is 4660. The van der Waals surface area contributed by atoms with Crippen molar-refractivity contribution in [3.63, 3.8) is 0 Å². The van der Waals surface area contributed by atoms with Gasteiger partial charge in [0.1, 0.15) is 0 Å². The van der Waals surface area contributed by atoms with Gasteiger partial charge in [-0.05, 0) is 117 Å². The van der Waals surface area contributed by atoms with E-state index in [9.17, 15) is 0 Å². The quantitative estimate of drug-likeness (QED) is 0.0778. The van der Waals surface area contributed by atoms with E-state index in [4.69, 9.17) is 15.0 Å². The molecule has 15 aromatic rings. The van der Waals surface area contributed by atoms with Crippen LogP contribution in [0, 0.1) is 0 Å². The maximum absolute atomic E-state index is 5.21. The normalized spacial score (nSPS) is 11.8. The molecule has 0 atom stereocenters. The van der Waals surface area contributed by atoms with Crippen molar-refractivity contribution in [2.45, 2.75) is 0 Å². The number of hydrogen-bond donors (Lipinski definition) is 0. The second-order valence-electron chi connectivity index (χ2n) is 20.6. The second-order valence-corrected chi connectivity index (χ2v) is 25.5. The topological polar surface area (TPSA) is 38.7 Å². The van der Waals surface area contributed by atoms with Gasteiger partial charge < -0.3 is 0 Å². The number of thiophene rings is 1. The van der Waals surface area contributed by atoms with Crippen molar-refractivity contribution in [1.29, 1.82) is 0 Å². The van der Waals surface area contributed by atoms with Gasteiger partial charge in [-0.25, -0.2) is 15.0 Å². The lowest BCUT2D eigenvalue weighted by Crippen LogP contribution is -2.74. The van der Waals surface area contributed by atoms with E-state index in [1.807, 2.05) is 29.5 Å². The van der Waals surface area contributed by atoms with Crippen LogP contribution in [0.2, 0.25) is 0 Å². The summed E-state index contributed by atoms with van der Waals surface area (Å²) in [6.07, 6.45) is 0. The van der Waals surface area contributed by atoms with Gasteiger partial charge in [-0.3, -0.25) is 0 Å². The summed E-state index contributed by atoms with van der Waals surface area (Å²) in [5.41, 5.74) is 9.89. The molecule has 0 N–H and O–H groups in total. The lowest BCUT2D eigenvalue weighted by atomic mass is 9.91. The van der Waals surface area contributed by atoms with Gasteiger partial charge in [0.15, 0.2) is 25.5 Å². The zero-order chi connectivity index (χ0) is 53.0. The van der Waals surface area contributed by atoms with Crippen LogP contribution in [-0.4, -0.2) is 23.0 Å². The smallest absolute Gasteiger partial charge is 0.179 e. The molecule has 3 nitrogen and oxygen atoms in total. The van der Waals surface area contributed by atoms with E-state index in [0.717, 1.165) is 27.8 Å². The van der Waals surface area contributed by atoms with Crippen molar-refractivity contribution < 1.29 is 0 Å². The highest BCUT2D eigenvalue weighted by Crippen LogP contribution is 2.41. The summed E-state index contributed by atoms with van der Waals surface area (Å²) in [4.78, 5) is 15.5. The fourth-order valence-corrected chi connectivity index (χ4v) is 18.1. The predicted molar refractivity (Wildman–Crippen MR) is 341 cm³/mol. The van der Waals surface area contributed by atoms with Crippen molar-refractivity contribution >= 4 is 92.6 Å². The van der Waals surface area contributed by atoms with Crippen LogP contribution < -0.4 is 20.7 Å². The van der Waals surface area contributed by atoms with E-state index >= 15 is 0 Å². The monoisotopic (exact) mass is 1050 g/mol. The zero-order valence-electron chi connectivity index (χ0n) is 43.5. The average molecular weight is 1050 g/mol. The van der Waals surface area contributed by atoms with Crippen molar-refractivity contribution in [2.24, 2.45) is 0 Å². The molecule has 374 valence electrons. The highest BCUT2D eigenvalue weighted by molar-refractivity contribution is 7.25. The first-order chi connectivity index (χ1) is 39.6. The van der Waals surface area contributed by atoms with Crippen LogP contribution in [0.4, 0.5) is 0 Å². The molecule has 0 amide bonds. The summed E-state index contributed by atoms with van der Waals surface area (Å²) in [6.45, 7) is 0. The molecule has 0 spiro atoms. The Balaban J connectivity index is 0.750. The molecule has 0 aliphatic heterocycles. The minimum Gasteiger partial charge on any atom is -0.208 e. The Kier molecular flexibility index (Phi) is 11.7. The van der Waals surface area contributed by atoms with Crippen LogP contribution >= 0.6 is 11.3 Å². The number of rotatable bonds is 10. The van der Waals surface area contributed by atoms with Gasteiger partial charge in [-0.2, -0.15) is 0 Å². The van der Waals surface area contributed by atoms with E-state index in [1.54, 1.807) is 0 Å². The molecule has 5 heteroatoms. The highest BCUT2D eigenvalue weighted by Gasteiger charge is 2.41. The minimum absolute atomic E-state index is 0.633. The van der Waals surface area contributed by atoms with Crippen molar-refractivity contribution in [3.05, 3.63) is 297 Å². The molecule has 0 radical (unpaired) electrons. The third kappa shape index (κ3) is 8.22. The van der Waals surface area contributed by atoms with Crippen LogP contribution in [-0.2, 0) is 0 Å². The van der Waals surface area contributed by atoms with Gasteiger partial charge in [0.05, 0.1) is 0 Å². The summed E-state index contributed by atoms with van der Waals surface area (Å²) in [5.74, 6) is 1.92. The fourth-order valence-electron chi connectivity index (χ4n) is 12.2. The van der Waals surface area contributed by atoms with Crippen LogP contribution in [0.3, 0.4) is 0 Å². The van der Waals surface area contributed by atoms with Gasteiger partial charge in [0.2, 0.25) is 0 Å². The Morgan fingerprint density at radius 1 is 0.200 bits per heavy atom. The van der Waals surface area contributed by atoms with Crippen molar-refractivity contribution in [3.8, 4) is 67.5 Å². The van der Waals surface area contributed by atoms with Crippen molar-refractivity contribution in [2.75, 3.05) is 0 Å². The van der Waals surface area contributed by atoms with E-state index in [2.05, 4.69) is 279 Å². The van der Waals surface area contributed by atoms with E-state index in [0.29, 0.717) is 17.5 Å². The molecule has 0 saturated heterocycles. The lowest BCUT2D eigenvalue weighted by molar-refractivity contribution is 1.07. The molecule has 0 unspecified atom stereocenters.